The highest BCUT2D eigenvalue weighted by molar-refractivity contribution is 6.28. The lowest BCUT2D eigenvalue weighted by Gasteiger charge is -1.92. The van der Waals surface area contributed by atoms with Gasteiger partial charge in [0.15, 0.2) is 5.65 Å². The van der Waals surface area contributed by atoms with Gasteiger partial charge in [-0.1, -0.05) is 0 Å². The van der Waals surface area contributed by atoms with Gasteiger partial charge in [-0.3, -0.25) is 0 Å². The molecule has 5 heteroatoms. The third-order valence-corrected chi connectivity index (χ3v) is 1.78. The summed E-state index contributed by atoms with van der Waals surface area (Å²) in [6.45, 7) is 3.73. The lowest BCUT2D eigenvalue weighted by atomic mass is 10.4. The molecule has 0 radical (unpaired) electrons. The predicted octanol–water partition coefficient (Wildman–Crippen LogP) is 1.62. The van der Waals surface area contributed by atoms with Crippen molar-refractivity contribution in [1.82, 2.24) is 19.9 Å². The molecule has 4 nitrogen and oxygen atoms in total. The molecule has 0 saturated heterocycles. The third kappa shape index (κ3) is 1.04. The summed E-state index contributed by atoms with van der Waals surface area (Å²) in [5.41, 5.74) is 2.29. The topological polar surface area (TPSA) is 54.5 Å². The van der Waals surface area contributed by atoms with E-state index in [1.165, 1.54) is 0 Å². The molecule has 0 spiro atoms. The number of H-pyrrole nitrogens is 1. The van der Waals surface area contributed by atoms with Crippen molar-refractivity contribution in [3.63, 3.8) is 0 Å². The molecule has 62 valence electrons. The molecule has 0 aliphatic heterocycles. The van der Waals surface area contributed by atoms with Gasteiger partial charge >= 0.3 is 0 Å². The Hall–Kier alpha value is -1.16. The van der Waals surface area contributed by atoms with Crippen LogP contribution < -0.4 is 0 Å². The van der Waals surface area contributed by atoms with E-state index >= 15 is 0 Å². The van der Waals surface area contributed by atoms with Crippen LogP contribution in [0.5, 0.6) is 0 Å². The summed E-state index contributed by atoms with van der Waals surface area (Å²) < 4.78 is 0. The number of nitrogens with zero attached hydrogens (tertiary/aromatic N) is 3. The minimum atomic E-state index is 0.253. The lowest BCUT2D eigenvalue weighted by Crippen LogP contribution is -1.88. The molecule has 2 heterocycles. The number of hydrogen-bond donors (Lipinski definition) is 1. The summed E-state index contributed by atoms with van der Waals surface area (Å²) in [5.74, 6) is 0.824. The molecule has 2 aromatic rings. The number of fused-ring (bicyclic) bond motifs is 1. The van der Waals surface area contributed by atoms with Gasteiger partial charge in [-0.2, -0.15) is 4.98 Å². The average molecular weight is 183 g/mol. The number of hydrogen-bond acceptors (Lipinski definition) is 3. The molecular formula is C7H7ClN4. The van der Waals surface area contributed by atoms with Gasteiger partial charge in [-0.25, -0.2) is 9.97 Å². The number of rotatable bonds is 0. The van der Waals surface area contributed by atoms with Crippen LogP contribution in [-0.4, -0.2) is 19.9 Å². The van der Waals surface area contributed by atoms with E-state index in [0.717, 1.165) is 17.0 Å². The highest BCUT2D eigenvalue weighted by Gasteiger charge is 2.05. The van der Waals surface area contributed by atoms with Crippen molar-refractivity contribution in [2.75, 3.05) is 0 Å². The number of imidazole rings is 1. The van der Waals surface area contributed by atoms with Gasteiger partial charge in [0.25, 0.3) is 0 Å². The zero-order valence-electron chi connectivity index (χ0n) is 6.72. The Balaban J connectivity index is 2.88. The van der Waals surface area contributed by atoms with E-state index in [-0.39, 0.29) is 5.28 Å². The first-order valence-corrected chi connectivity index (χ1v) is 3.91. The Kier molecular flexibility index (Phi) is 1.51. The maximum Gasteiger partial charge on any atom is 0.224 e. The molecule has 1 N–H and O–H groups in total. The highest BCUT2D eigenvalue weighted by atomic mass is 35.5. The number of aromatic amines is 1. The molecule has 0 saturated carbocycles. The molecule has 0 aliphatic rings. The molecule has 0 bridgehead atoms. The van der Waals surface area contributed by atoms with Crippen molar-refractivity contribution >= 4 is 22.8 Å². The lowest BCUT2D eigenvalue weighted by molar-refractivity contribution is 1.14. The Bertz CT molecular complexity index is 434. The van der Waals surface area contributed by atoms with Crippen LogP contribution in [0, 0.1) is 13.8 Å². The molecule has 12 heavy (non-hydrogen) atoms. The summed E-state index contributed by atoms with van der Waals surface area (Å²) in [4.78, 5) is 15.2. The molecule has 0 atom stereocenters. The van der Waals surface area contributed by atoms with E-state index in [0.29, 0.717) is 5.65 Å². The van der Waals surface area contributed by atoms with Crippen molar-refractivity contribution in [2.24, 2.45) is 0 Å². The Morgan fingerprint density at radius 2 is 1.92 bits per heavy atom. The van der Waals surface area contributed by atoms with Gasteiger partial charge in [0, 0.05) is 0 Å². The van der Waals surface area contributed by atoms with Crippen molar-refractivity contribution in [3.05, 3.63) is 16.8 Å². The second-order valence-corrected chi connectivity index (χ2v) is 2.94. The SMILES string of the molecule is Cc1nc2c(C)nc(Cl)nc2[nH]1. The molecule has 2 rings (SSSR count). The van der Waals surface area contributed by atoms with Crippen molar-refractivity contribution in [3.8, 4) is 0 Å². The summed E-state index contributed by atoms with van der Waals surface area (Å²) in [5, 5.41) is 0.253. The molecule has 0 aliphatic carbocycles. The van der Waals surface area contributed by atoms with E-state index in [1.807, 2.05) is 13.8 Å². The van der Waals surface area contributed by atoms with Crippen LogP contribution in [0.3, 0.4) is 0 Å². The number of aromatic nitrogens is 4. The van der Waals surface area contributed by atoms with Crippen molar-refractivity contribution in [1.29, 1.82) is 0 Å². The molecule has 0 amide bonds. The largest absolute Gasteiger partial charge is 0.327 e. The Morgan fingerprint density at radius 1 is 1.17 bits per heavy atom. The smallest absolute Gasteiger partial charge is 0.224 e. The second-order valence-electron chi connectivity index (χ2n) is 2.60. The zero-order valence-corrected chi connectivity index (χ0v) is 7.48. The molecule has 0 unspecified atom stereocenters. The second kappa shape index (κ2) is 2.42. The fraction of sp³-hybridized carbons (Fsp3) is 0.286. The zero-order chi connectivity index (χ0) is 8.72. The van der Waals surface area contributed by atoms with Gasteiger partial charge in [-0.05, 0) is 25.4 Å². The van der Waals surface area contributed by atoms with Crippen molar-refractivity contribution < 1.29 is 0 Å². The standard InChI is InChI=1S/C7H7ClN4/c1-3-5-6(11-4(2)10-5)12-7(8)9-3/h1-2H3,(H,9,10,11,12). The normalized spacial score (nSPS) is 10.9. The van der Waals surface area contributed by atoms with E-state index in [9.17, 15) is 0 Å². The third-order valence-electron chi connectivity index (χ3n) is 1.61. The first-order valence-electron chi connectivity index (χ1n) is 3.53. The van der Waals surface area contributed by atoms with Gasteiger partial charge in [-0.15, -0.1) is 0 Å². The van der Waals surface area contributed by atoms with Gasteiger partial charge < -0.3 is 4.98 Å². The fourth-order valence-electron chi connectivity index (χ4n) is 1.12. The van der Waals surface area contributed by atoms with Crippen LogP contribution in [0.15, 0.2) is 0 Å². The maximum absolute atomic E-state index is 5.66. The average Bonchev–Trinajstić information content (AvgIpc) is 2.29. The number of nitrogens with one attached hydrogen (secondary N) is 1. The summed E-state index contributed by atoms with van der Waals surface area (Å²) in [6.07, 6.45) is 0. The summed E-state index contributed by atoms with van der Waals surface area (Å²) in [7, 11) is 0. The van der Waals surface area contributed by atoms with Gasteiger partial charge in [0.05, 0.1) is 5.69 Å². The predicted molar refractivity (Wildman–Crippen MR) is 46.2 cm³/mol. The van der Waals surface area contributed by atoms with Crippen LogP contribution in [0.25, 0.3) is 11.2 Å². The van der Waals surface area contributed by atoms with E-state index in [1.54, 1.807) is 0 Å². The first kappa shape index (κ1) is 7.49. The van der Waals surface area contributed by atoms with Crippen LogP contribution in [0.1, 0.15) is 11.5 Å². The highest BCUT2D eigenvalue weighted by Crippen LogP contribution is 2.13. The monoisotopic (exact) mass is 182 g/mol. The van der Waals surface area contributed by atoms with Crippen LogP contribution in [-0.2, 0) is 0 Å². The fourth-order valence-corrected chi connectivity index (χ4v) is 1.33. The van der Waals surface area contributed by atoms with Gasteiger partial charge in [0.2, 0.25) is 5.28 Å². The Morgan fingerprint density at radius 3 is 2.67 bits per heavy atom. The molecule has 2 aromatic heterocycles. The molecule has 0 fully saturated rings. The minimum absolute atomic E-state index is 0.253. The quantitative estimate of drug-likeness (QED) is 0.630. The van der Waals surface area contributed by atoms with Crippen molar-refractivity contribution in [2.45, 2.75) is 13.8 Å². The number of aryl methyl sites for hydroxylation is 2. The molecule has 0 aromatic carbocycles. The maximum atomic E-state index is 5.66. The summed E-state index contributed by atoms with van der Waals surface area (Å²) >= 11 is 5.66. The minimum Gasteiger partial charge on any atom is -0.327 e. The van der Waals surface area contributed by atoms with E-state index in [2.05, 4.69) is 19.9 Å². The van der Waals surface area contributed by atoms with Gasteiger partial charge in [0.1, 0.15) is 11.3 Å². The molecular weight excluding hydrogens is 176 g/mol. The number of halogens is 1. The van der Waals surface area contributed by atoms with Crippen LogP contribution in [0.4, 0.5) is 0 Å². The van der Waals surface area contributed by atoms with Crippen LogP contribution in [0.2, 0.25) is 5.28 Å². The first-order chi connectivity index (χ1) is 5.66. The van der Waals surface area contributed by atoms with E-state index in [4.69, 9.17) is 11.6 Å². The Labute approximate surface area is 74.0 Å². The van der Waals surface area contributed by atoms with E-state index < -0.39 is 0 Å². The summed E-state index contributed by atoms with van der Waals surface area (Å²) in [6, 6.07) is 0. The van der Waals surface area contributed by atoms with Crippen LogP contribution >= 0.6 is 11.6 Å².